The fourth-order valence-corrected chi connectivity index (χ4v) is 6.06. The molecule has 1 N–H and O–H groups in total. The zero-order valence-electron chi connectivity index (χ0n) is 24.6. The molecule has 1 fully saturated rings. The third-order valence-corrected chi connectivity index (χ3v) is 8.38. The Morgan fingerprint density at radius 3 is 2.36 bits per heavy atom. The van der Waals surface area contributed by atoms with Gasteiger partial charge >= 0.3 is 6.18 Å². The molecule has 0 saturated carbocycles. The number of thiazole rings is 1. The van der Waals surface area contributed by atoms with Crippen LogP contribution in [0.15, 0.2) is 84.2 Å². The number of nitrogens with one attached hydrogen (secondary N) is 1. The number of aromatic nitrogens is 1. The maximum Gasteiger partial charge on any atom is 0.416 e. The molecule has 1 aliphatic heterocycles. The number of nitrogens with zero attached hydrogens (tertiary/aromatic N) is 3. The predicted molar refractivity (Wildman–Crippen MR) is 166 cm³/mol. The smallest absolute Gasteiger partial charge is 0.416 e. The van der Waals surface area contributed by atoms with Crippen molar-refractivity contribution in [3.63, 3.8) is 0 Å². The number of alkyl halides is 3. The van der Waals surface area contributed by atoms with E-state index in [1.54, 1.807) is 11.4 Å². The van der Waals surface area contributed by atoms with Gasteiger partial charge < -0.3 is 15.0 Å². The van der Waals surface area contributed by atoms with E-state index in [4.69, 9.17) is 4.74 Å². The second-order valence-electron chi connectivity index (χ2n) is 11.0. The Morgan fingerprint density at radius 2 is 1.61 bits per heavy atom. The van der Waals surface area contributed by atoms with E-state index in [0.717, 1.165) is 47.6 Å². The van der Waals surface area contributed by atoms with E-state index in [9.17, 15) is 18.0 Å². The Hall–Kier alpha value is -3.73. The van der Waals surface area contributed by atoms with Gasteiger partial charge in [0, 0.05) is 31.6 Å². The summed E-state index contributed by atoms with van der Waals surface area (Å²) in [6.45, 7) is 5.14. The molecule has 1 aliphatic rings. The first-order chi connectivity index (χ1) is 21.3. The standard InChI is InChI=1S/C34H37F3N4O2S/c35-34(36,37)29-11-7-10-28(20-29)22-41(21-26-12-14-30(15-13-26)43-24-27-8-3-1-4-9-27)23-32-39-31(25-44-32)33(42)38-16-19-40-17-5-2-6-18-40/h1,3-4,7-15,20,25H,2,5-6,16-19,21-24H2,(H,38,42). The first-order valence-corrected chi connectivity index (χ1v) is 15.8. The lowest BCUT2D eigenvalue weighted by Crippen LogP contribution is -2.37. The van der Waals surface area contributed by atoms with E-state index >= 15 is 0 Å². The maximum absolute atomic E-state index is 13.4. The number of halogens is 3. The number of amides is 1. The molecule has 232 valence electrons. The Morgan fingerprint density at radius 1 is 0.886 bits per heavy atom. The third-order valence-electron chi connectivity index (χ3n) is 7.54. The lowest BCUT2D eigenvalue weighted by atomic mass is 10.1. The molecule has 44 heavy (non-hydrogen) atoms. The van der Waals surface area contributed by atoms with Gasteiger partial charge in [-0.05, 0) is 60.8 Å². The molecule has 5 rings (SSSR count). The number of carbonyl (C=O) groups is 1. The van der Waals surface area contributed by atoms with Crippen LogP contribution in [-0.4, -0.2) is 46.9 Å². The summed E-state index contributed by atoms with van der Waals surface area (Å²) < 4.78 is 46.1. The molecule has 0 unspecified atom stereocenters. The van der Waals surface area contributed by atoms with Gasteiger partial charge in [-0.3, -0.25) is 9.69 Å². The molecule has 10 heteroatoms. The molecule has 4 aromatic rings. The molecule has 1 saturated heterocycles. The minimum atomic E-state index is -4.41. The Bertz CT molecular complexity index is 1470. The summed E-state index contributed by atoms with van der Waals surface area (Å²) in [6.07, 6.45) is -0.745. The minimum Gasteiger partial charge on any atom is -0.489 e. The molecule has 2 heterocycles. The highest BCUT2D eigenvalue weighted by Gasteiger charge is 2.30. The number of ether oxygens (including phenoxy) is 1. The zero-order valence-corrected chi connectivity index (χ0v) is 25.4. The highest BCUT2D eigenvalue weighted by molar-refractivity contribution is 7.09. The van der Waals surface area contributed by atoms with Gasteiger partial charge in [0.1, 0.15) is 23.1 Å². The molecular weight excluding hydrogens is 585 g/mol. The van der Waals surface area contributed by atoms with Gasteiger partial charge in [0.2, 0.25) is 0 Å². The van der Waals surface area contributed by atoms with Crippen molar-refractivity contribution in [2.75, 3.05) is 26.2 Å². The van der Waals surface area contributed by atoms with Crippen LogP contribution in [0, 0.1) is 0 Å². The van der Waals surface area contributed by atoms with Crippen LogP contribution >= 0.6 is 11.3 Å². The monoisotopic (exact) mass is 622 g/mol. The van der Waals surface area contributed by atoms with Crippen molar-refractivity contribution in [1.29, 1.82) is 0 Å². The van der Waals surface area contributed by atoms with Gasteiger partial charge in [-0.2, -0.15) is 13.2 Å². The van der Waals surface area contributed by atoms with Gasteiger partial charge in [0.05, 0.1) is 12.1 Å². The fourth-order valence-electron chi connectivity index (χ4n) is 5.24. The first-order valence-electron chi connectivity index (χ1n) is 14.9. The van der Waals surface area contributed by atoms with Crippen molar-refractivity contribution in [2.24, 2.45) is 0 Å². The van der Waals surface area contributed by atoms with Crippen molar-refractivity contribution < 1.29 is 22.7 Å². The van der Waals surface area contributed by atoms with Crippen LogP contribution in [0.1, 0.15) is 57.0 Å². The normalized spacial score (nSPS) is 14.1. The van der Waals surface area contributed by atoms with Gasteiger partial charge in [-0.15, -0.1) is 11.3 Å². The third kappa shape index (κ3) is 9.64. The van der Waals surface area contributed by atoms with Gasteiger partial charge in [-0.1, -0.05) is 67.1 Å². The topological polar surface area (TPSA) is 57.7 Å². The number of carbonyl (C=O) groups excluding carboxylic acids is 1. The van der Waals surface area contributed by atoms with Crippen molar-refractivity contribution in [3.05, 3.63) is 117 Å². The van der Waals surface area contributed by atoms with Crippen LogP contribution in [0.5, 0.6) is 5.75 Å². The Kier molecular flexibility index (Phi) is 11.0. The minimum absolute atomic E-state index is 0.208. The Balaban J connectivity index is 1.23. The van der Waals surface area contributed by atoms with Crippen LogP contribution in [0.4, 0.5) is 13.2 Å². The van der Waals surface area contributed by atoms with E-state index in [-0.39, 0.29) is 12.5 Å². The summed E-state index contributed by atoms with van der Waals surface area (Å²) >= 11 is 1.38. The van der Waals surface area contributed by atoms with E-state index < -0.39 is 11.7 Å². The van der Waals surface area contributed by atoms with E-state index in [1.807, 2.05) is 59.5 Å². The summed E-state index contributed by atoms with van der Waals surface area (Å²) in [5, 5.41) is 5.44. The highest BCUT2D eigenvalue weighted by atomic mass is 32.1. The summed E-state index contributed by atoms with van der Waals surface area (Å²) in [7, 11) is 0. The number of rotatable bonds is 13. The van der Waals surface area contributed by atoms with Crippen LogP contribution in [0.3, 0.4) is 0 Å². The zero-order chi connectivity index (χ0) is 30.8. The summed E-state index contributed by atoms with van der Waals surface area (Å²) in [6, 6.07) is 23.0. The van der Waals surface area contributed by atoms with Crippen LogP contribution in [-0.2, 0) is 32.4 Å². The van der Waals surface area contributed by atoms with E-state index in [2.05, 4.69) is 15.2 Å². The lowest BCUT2D eigenvalue weighted by Gasteiger charge is -2.26. The average molecular weight is 623 g/mol. The summed E-state index contributed by atoms with van der Waals surface area (Å²) in [4.78, 5) is 21.7. The molecular formula is C34H37F3N4O2S. The van der Waals surface area contributed by atoms with Crippen LogP contribution in [0.2, 0.25) is 0 Å². The molecule has 0 radical (unpaired) electrons. The van der Waals surface area contributed by atoms with Gasteiger partial charge in [0.25, 0.3) is 5.91 Å². The number of hydrogen-bond acceptors (Lipinski definition) is 6. The quantitative estimate of drug-likeness (QED) is 0.172. The molecule has 0 spiro atoms. The molecule has 0 bridgehead atoms. The second-order valence-corrected chi connectivity index (χ2v) is 12.0. The number of piperidine rings is 1. The largest absolute Gasteiger partial charge is 0.489 e. The molecule has 0 atom stereocenters. The average Bonchev–Trinajstić information content (AvgIpc) is 3.50. The number of benzene rings is 3. The molecule has 6 nitrogen and oxygen atoms in total. The summed E-state index contributed by atoms with van der Waals surface area (Å²) in [5.74, 6) is 0.526. The molecule has 1 amide bonds. The first kappa shape index (κ1) is 31.7. The second kappa shape index (κ2) is 15.3. The molecule has 3 aromatic carbocycles. The van der Waals surface area contributed by atoms with Crippen LogP contribution < -0.4 is 10.1 Å². The maximum atomic E-state index is 13.4. The van der Waals surface area contributed by atoms with E-state index in [1.165, 1.54) is 42.7 Å². The molecule has 1 aromatic heterocycles. The van der Waals surface area contributed by atoms with Crippen LogP contribution in [0.25, 0.3) is 0 Å². The van der Waals surface area contributed by atoms with Crippen molar-refractivity contribution in [1.82, 2.24) is 20.1 Å². The van der Waals surface area contributed by atoms with Crippen molar-refractivity contribution >= 4 is 17.2 Å². The molecule has 0 aliphatic carbocycles. The summed E-state index contributed by atoms with van der Waals surface area (Å²) in [5.41, 5.74) is 2.30. The van der Waals surface area contributed by atoms with Crippen molar-refractivity contribution in [2.45, 2.75) is 51.7 Å². The lowest BCUT2D eigenvalue weighted by molar-refractivity contribution is -0.137. The fraction of sp³-hybridized carbons (Fsp3) is 0.353. The van der Waals surface area contributed by atoms with Crippen molar-refractivity contribution in [3.8, 4) is 5.75 Å². The van der Waals surface area contributed by atoms with Gasteiger partial charge in [-0.25, -0.2) is 4.98 Å². The number of hydrogen-bond donors (Lipinski definition) is 1. The van der Waals surface area contributed by atoms with E-state index in [0.29, 0.717) is 37.5 Å². The SMILES string of the molecule is O=C(NCCN1CCCCC1)c1csc(CN(Cc2ccc(OCc3ccccc3)cc2)Cc2cccc(C(F)(F)F)c2)n1. The Labute approximate surface area is 260 Å². The predicted octanol–water partition coefficient (Wildman–Crippen LogP) is 7.16. The highest BCUT2D eigenvalue weighted by Crippen LogP contribution is 2.30. The number of likely N-dealkylation sites (tertiary alicyclic amines) is 1. The van der Waals surface area contributed by atoms with Gasteiger partial charge in [0.15, 0.2) is 0 Å².